The van der Waals surface area contributed by atoms with Gasteiger partial charge in [-0.05, 0) is 47.5 Å². The third-order valence-electron chi connectivity index (χ3n) is 2.99. The Morgan fingerprint density at radius 3 is 2.84 bits per heavy atom. The Bertz CT molecular complexity index is 566. The molecule has 3 nitrogen and oxygen atoms in total. The van der Waals surface area contributed by atoms with E-state index in [9.17, 15) is 0 Å². The van der Waals surface area contributed by atoms with E-state index >= 15 is 0 Å². The molecule has 5 heteroatoms. The summed E-state index contributed by atoms with van der Waals surface area (Å²) < 4.78 is 2.93. The quantitative estimate of drug-likeness (QED) is 0.867. The summed E-state index contributed by atoms with van der Waals surface area (Å²) in [6.45, 7) is 5.84. The summed E-state index contributed by atoms with van der Waals surface area (Å²) in [6.07, 6.45) is 0.959. The lowest BCUT2D eigenvalue weighted by Gasteiger charge is -2.10. The number of aromatic nitrogens is 2. The molecular weight excluding hydrogens is 326 g/mol. The SMILES string of the molecule is CCc1cc(CNc2cccc(Cl)c2Br)n(CC)n1. The number of aryl methyl sites for hydroxylation is 2. The molecule has 102 valence electrons. The van der Waals surface area contributed by atoms with Crippen LogP contribution < -0.4 is 5.32 Å². The summed E-state index contributed by atoms with van der Waals surface area (Å²) >= 11 is 9.57. The van der Waals surface area contributed by atoms with Gasteiger partial charge in [-0.15, -0.1) is 0 Å². The van der Waals surface area contributed by atoms with Gasteiger partial charge in [-0.1, -0.05) is 24.6 Å². The Morgan fingerprint density at radius 1 is 1.37 bits per heavy atom. The highest BCUT2D eigenvalue weighted by molar-refractivity contribution is 9.10. The van der Waals surface area contributed by atoms with E-state index in [0.29, 0.717) is 5.02 Å². The second kappa shape index (κ2) is 6.44. The molecule has 0 atom stereocenters. The molecule has 0 aliphatic rings. The van der Waals surface area contributed by atoms with Gasteiger partial charge in [0.05, 0.1) is 33.1 Å². The van der Waals surface area contributed by atoms with Gasteiger partial charge in [0.1, 0.15) is 0 Å². The first kappa shape index (κ1) is 14.4. The number of halogens is 2. The van der Waals surface area contributed by atoms with Crippen LogP contribution in [0.5, 0.6) is 0 Å². The lowest BCUT2D eigenvalue weighted by molar-refractivity contribution is 0.619. The maximum Gasteiger partial charge on any atom is 0.0625 e. The van der Waals surface area contributed by atoms with Crippen LogP contribution in [0.4, 0.5) is 5.69 Å². The highest BCUT2D eigenvalue weighted by atomic mass is 79.9. The highest BCUT2D eigenvalue weighted by Gasteiger charge is 2.07. The number of nitrogens with one attached hydrogen (secondary N) is 1. The Morgan fingerprint density at radius 2 is 2.16 bits per heavy atom. The van der Waals surface area contributed by atoms with E-state index in [1.165, 1.54) is 5.69 Å². The average Bonchev–Trinajstić information content (AvgIpc) is 2.83. The summed E-state index contributed by atoms with van der Waals surface area (Å²) in [5, 5.41) is 8.64. The summed E-state index contributed by atoms with van der Waals surface area (Å²) in [4.78, 5) is 0. The predicted octanol–water partition coefficient (Wildman–Crippen LogP) is 4.49. The molecular formula is C14H17BrClN3. The van der Waals surface area contributed by atoms with Gasteiger partial charge in [-0.3, -0.25) is 4.68 Å². The Hall–Kier alpha value is -1.00. The highest BCUT2D eigenvalue weighted by Crippen LogP contribution is 2.30. The van der Waals surface area contributed by atoms with E-state index in [-0.39, 0.29) is 0 Å². The topological polar surface area (TPSA) is 29.9 Å². The van der Waals surface area contributed by atoms with Crippen molar-refractivity contribution >= 4 is 33.2 Å². The van der Waals surface area contributed by atoms with Crippen LogP contribution in [0.2, 0.25) is 5.02 Å². The number of nitrogens with zero attached hydrogens (tertiary/aromatic N) is 2. The molecule has 0 aliphatic heterocycles. The minimum absolute atomic E-state index is 0.711. The van der Waals surface area contributed by atoms with Crippen molar-refractivity contribution in [3.05, 3.63) is 45.1 Å². The predicted molar refractivity (Wildman–Crippen MR) is 83.8 cm³/mol. The maximum absolute atomic E-state index is 6.08. The first-order valence-electron chi connectivity index (χ1n) is 6.39. The van der Waals surface area contributed by atoms with Gasteiger partial charge in [-0.25, -0.2) is 0 Å². The van der Waals surface area contributed by atoms with E-state index in [0.717, 1.165) is 35.4 Å². The molecule has 0 aliphatic carbocycles. The Kier molecular flexibility index (Phi) is 4.88. The first-order chi connectivity index (χ1) is 9.15. The number of hydrogen-bond acceptors (Lipinski definition) is 2. The van der Waals surface area contributed by atoms with Crippen molar-refractivity contribution < 1.29 is 0 Å². The van der Waals surface area contributed by atoms with Crippen molar-refractivity contribution in [2.45, 2.75) is 33.4 Å². The molecule has 1 N–H and O–H groups in total. The fourth-order valence-electron chi connectivity index (χ4n) is 1.93. The molecule has 0 spiro atoms. The second-order valence-electron chi connectivity index (χ2n) is 4.25. The molecule has 19 heavy (non-hydrogen) atoms. The van der Waals surface area contributed by atoms with Crippen LogP contribution in [-0.2, 0) is 19.5 Å². The smallest absolute Gasteiger partial charge is 0.0625 e. The molecule has 1 heterocycles. The molecule has 2 rings (SSSR count). The van der Waals surface area contributed by atoms with Crippen molar-refractivity contribution in [1.29, 1.82) is 0 Å². The van der Waals surface area contributed by atoms with Gasteiger partial charge < -0.3 is 5.32 Å². The summed E-state index contributed by atoms with van der Waals surface area (Å²) in [5.74, 6) is 0. The largest absolute Gasteiger partial charge is 0.378 e. The zero-order valence-corrected chi connectivity index (χ0v) is 13.4. The summed E-state index contributed by atoms with van der Waals surface area (Å²) in [7, 11) is 0. The minimum Gasteiger partial charge on any atom is -0.378 e. The average molecular weight is 343 g/mol. The van der Waals surface area contributed by atoms with Crippen LogP contribution in [0.15, 0.2) is 28.7 Å². The van der Waals surface area contributed by atoms with Crippen molar-refractivity contribution in [2.24, 2.45) is 0 Å². The number of rotatable bonds is 5. The summed E-state index contributed by atoms with van der Waals surface area (Å²) in [5.41, 5.74) is 3.31. The van der Waals surface area contributed by atoms with E-state index in [4.69, 9.17) is 11.6 Å². The van der Waals surface area contributed by atoms with Crippen molar-refractivity contribution in [3.8, 4) is 0 Å². The van der Waals surface area contributed by atoms with Crippen LogP contribution in [0.1, 0.15) is 25.2 Å². The molecule has 0 radical (unpaired) electrons. The molecule has 0 saturated carbocycles. The Labute approximate surface area is 127 Å². The maximum atomic E-state index is 6.08. The van der Waals surface area contributed by atoms with E-state index in [1.54, 1.807) is 0 Å². The van der Waals surface area contributed by atoms with Gasteiger partial charge in [0.15, 0.2) is 0 Å². The van der Waals surface area contributed by atoms with Crippen LogP contribution in [-0.4, -0.2) is 9.78 Å². The van der Waals surface area contributed by atoms with Gasteiger partial charge in [-0.2, -0.15) is 5.10 Å². The van der Waals surface area contributed by atoms with Crippen LogP contribution in [0.3, 0.4) is 0 Å². The third-order valence-corrected chi connectivity index (χ3v) is 4.38. The fraction of sp³-hybridized carbons (Fsp3) is 0.357. The van der Waals surface area contributed by atoms with Gasteiger partial charge in [0, 0.05) is 6.54 Å². The fourth-order valence-corrected chi connectivity index (χ4v) is 2.51. The van der Waals surface area contributed by atoms with Crippen LogP contribution in [0.25, 0.3) is 0 Å². The monoisotopic (exact) mass is 341 g/mol. The molecule has 0 fully saturated rings. The molecule has 1 aromatic heterocycles. The molecule has 0 saturated heterocycles. The van der Waals surface area contributed by atoms with E-state index in [2.05, 4.69) is 46.3 Å². The zero-order chi connectivity index (χ0) is 13.8. The second-order valence-corrected chi connectivity index (χ2v) is 5.45. The molecule has 0 bridgehead atoms. The van der Waals surface area contributed by atoms with Crippen LogP contribution in [0, 0.1) is 0 Å². The third kappa shape index (κ3) is 3.31. The minimum atomic E-state index is 0.711. The molecule has 0 unspecified atom stereocenters. The normalized spacial score (nSPS) is 10.7. The number of benzene rings is 1. The van der Waals surface area contributed by atoms with Crippen molar-refractivity contribution in [1.82, 2.24) is 9.78 Å². The van der Waals surface area contributed by atoms with E-state index < -0.39 is 0 Å². The van der Waals surface area contributed by atoms with Gasteiger partial charge >= 0.3 is 0 Å². The number of hydrogen-bond donors (Lipinski definition) is 1. The summed E-state index contributed by atoms with van der Waals surface area (Å²) in [6, 6.07) is 7.95. The lowest BCUT2D eigenvalue weighted by atomic mass is 10.3. The molecule has 2 aromatic rings. The lowest BCUT2D eigenvalue weighted by Crippen LogP contribution is -2.08. The van der Waals surface area contributed by atoms with Gasteiger partial charge in [0.2, 0.25) is 0 Å². The van der Waals surface area contributed by atoms with Crippen LogP contribution >= 0.6 is 27.5 Å². The van der Waals surface area contributed by atoms with E-state index in [1.807, 2.05) is 22.9 Å². The molecule has 1 aromatic carbocycles. The number of anilines is 1. The molecule has 0 amide bonds. The van der Waals surface area contributed by atoms with Crippen molar-refractivity contribution in [3.63, 3.8) is 0 Å². The first-order valence-corrected chi connectivity index (χ1v) is 7.56. The standard InChI is InChI=1S/C14H17BrClN3/c1-3-10-8-11(19(4-2)18-10)9-17-13-7-5-6-12(16)14(13)15/h5-8,17H,3-4,9H2,1-2H3. The van der Waals surface area contributed by atoms with Gasteiger partial charge in [0.25, 0.3) is 0 Å². The zero-order valence-electron chi connectivity index (χ0n) is 11.1. The Balaban J connectivity index is 2.14. The van der Waals surface area contributed by atoms with Crippen molar-refractivity contribution in [2.75, 3.05) is 5.32 Å².